The molecule has 4 nitrogen and oxygen atoms in total. The first kappa shape index (κ1) is 16.6. The number of benzene rings is 1. The van der Waals surface area contributed by atoms with Crippen LogP contribution in [0.25, 0.3) is 0 Å². The van der Waals surface area contributed by atoms with Gasteiger partial charge in [-0.2, -0.15) is 4.98 Å². The maximum atomic E-state index is 5.99. The highest BCUT2D eigenvalue weighted by Gasteiger charge is 2.05. The smallest absolute Gasteiger partial charge is 0.227 e. The molecule has 0 aliphatic rings. The zero-order valence-corrected chi connectivity index (χ0v) is 14.0. The van der Waals surface area contributed by atoms with E-state index < -0.39 is 0 Å². The molecule has 1 aromatic heterocycles. The largest absolute Gasteiger partial charge is 0.370 e. The number of rotatable bonds is 8. The van der Waals surface area contributed by atoms with Gasteiger partial charge in [0.15, 0.2) is 0 Å². The highest BCUT2D eigenvalue weighted by atomic mass is 35.5. The van der Waals surface area contributed by atoms with Crippen LogP contribution in [0.1, 0.15) is 25.8 Å². The van der Waals surface area contributed by atoms with E-state index in [1.807, 2.05) is 24.3 Å². The summed E-state index contributed by atoms with van der Waals surface area (Å²) in [5.74, 6) is 1.66. The fourth-order valence-electron chi connectivity index (χ4n) is 2.31. The predicted octanol–water partition coefficient (Wildman–Crippen LogP) is 4.02. The molecule has 1 heterocycles. The molecule has 0 spiro atoms. The molecule has 0 saturated heterocycles. The Morgan fingerprint density at radius 3 is 2.73 bits per heavy atom. The Kier molecular flexibility index (Phi) is 6.46. The van der Waals surface area contributed by atoms with Gasteiger partial charge in [0.1, 0.15) is 5.82 Å². The normalized spacial score (nSPS) is 10.5. The van der Waals surface area contributed by atoms with Gasteiger partial charge in [-0.15, -0.1) is 0 Å². The highest BCUT2D eigenvalue weighted by Crippen LogP contribution is 2.13. The van der Waals surface area contributed by atoms with Crippen molar-refractivity contribution in [3.05, 3.63) is 47.1 Å². The van der Waals surface area contributed by atoms with Crippen LogP contribution < -0.4 is 10.2 Å². The fraction of sp³-hybridized carbons (Fsp3) is 0.412. The molecule has 0 unspecified atom stereocenters. The van der Waals surface area contributed by atoms with Gasteiger partial charge in [-0.25, -0.2) is 4.98 Å². The van der Waals surface area contributed by atoms with E-state index in [2.05, 4.69) is 40.1 Å². The second kappa shape index (κ2) is 8.59. The number of nitrogens with one attached hydrogen (secondary N) is 1. The molecule has 2 rings (SSSR count). The zero-order valence-electron chi connectivity index (χ0n) is 13.2. The highest BCUT2D eigenvalue weighted by molar-refractivity contribution is 6.30. The molecular formula is C17H23ClN4. The van der Waals surface area contributed by atoms with Crippen LogP contribution in [-0.4, -0.2) is 29.6 Å². The van der Waals surface area contributed by atoms with Gasteiger partial charge in [-0.1, -0.05) is 23.7 Å². The van der Waals surface area contributed by atoms with E-state index in [0.717, 1.165) is 49.3 Å². The van der Waals surface area contributed by atoms with Crippen molar-refractivity contribution in [2.24, 2.45) is 0 Å². The number of aromatic nitrogens is 2. The van der Waals surface area contributed by atoms with Crippen molar-refractivity contribution in [2.45, 2.75) is 26.7 Å². The number of nitrogens with zero attached hydrogens (tertiary/aromatic N) is 3. The third kappa shape index (κ3) is 4.88. The van der Waals surface area contributed by atoms with Gasteiger partial charge in [-0.3, -0.25) is 0 Å². The minimum absolute atomic E-state index is 0.782. The summed E-state index contributed by atoms with van der Waals surface area (Å²) in [4.78, 5) is 11.0. The Hall–Kier alpha value is -1.81. The van der Waals surface area contributed by atoms with Crippen molar-refractivity contribution in [3.63, 3.8) is 0 Å². The molecule has 22 heavy (non-hydrogen) atoms. The summed E-state index contributed by atoms with van der Waals surface area (Å²) >= 11 is 5.99. The first-order valence-electron chi connectivity index (χ1n) is 7.79. The zero-order chi connectivity index (χ0) is 15.8. The van der Waals surface area contributed by atoms with Crippen LogP contribution in [-0.2, 0) is 6.42 Å². The molecule has 0 amide bonds. The number of halogens is 1. The number of hydrogen-bond donors (Lipinski definition) is 1. The van der Waals surface area contributed by atoms with Crippen LogP contribution in [0.2, 0.25) is 5.02 Å². The molecule has 0 fully saturated rings. The second-order valence-electron chi connectivity index (χ2n) is 5.07. The van der Waals surface area contributed by atoms with E-state index >= 15 is 0 Å². The number of anilines is 2. The van der Waals surface area contributed by atoms with Crippen LogP contribution in [0.4, 0.5) is 11.8 Å². The summed E-state index contributed by atoms with van der Waals surface area (Å²) in [6, 6.07) is 9.93. The van der Waals surface area contributed by atoms with Gasteiger partial charge in [0.05, 0.1) is 0 Å². The van der Waals surface area contributed by atoms with E-state index in [-0.39, 0.29) is 0 Å². The van der Waals surface area contributed by atoms with E-state index in [0.29, 0.717) is 0 Å². The molecule has 0 saturated carbocycles. The Balaban J connectivity index is 1.83. The van der Waals surface area contributed by atoms with Crippen LogP contribution in [0, 0.1) is 0 Å². The molecule has 1 aromatic carbocycles. The van der Waals surface area contributed by atoms with Gasteiger partial charge in [0, 0.05) is 30.9 Å². The minimum Gasteiger partial charge on any atom is -0.370 e. The van der Waals surface area contributed by atoms with E-state index in [4.69, 9.17) is 11.6 Å². The molecule has 0 aliphatic carbocycles. The number of hydrogen-bond acceptors (Lipinski definition) is 4. The molecule has 0 aliphatic heterocycles. The quantitative estimate of drug-likeness (QED) is 0.746. The first-order valence-corrected chi connectivity index (χ1v) is 8.17. The Morgan fingerprint density at radius 2 is 2.00 bits per heavy atom. The summed E-state index contributed by atoms with van der Waals surface area (Å²) in [5, 5.41) is 4.16. The summed E-state index contributed by atoms with van der Waals surface area (Å²) in [5.41, 5.74) is 1.26. The average Bonchev–Trinajstić information content (AvgIpc) is 2.53. The maximum absolute atomic E-state index is 5.99. The minimum atomic E-state index is 0.782. The third-order valence-corrected chi connectivity index (χ3v) is 3.76. The fourth-order valence-corrected chi connectivity index (χ4v) is 2.52. The van der Waals surface area contributed by atoms with Gasteiger partial charge in [0.25, 0.3) is 0 Å². The van der Waals surface area contributed by atoms with Crippen LogP contribution >= 0.6 is 11.6 Å². The molecule has 0 bridgehead atoms. The summed E-state index contributed by atoms with van der Waals surface area (Å²) in [6.45, 7) is 6.92. The Bertz CT molecular complexity index is 584. The van der Waals surface area contributed by atoms with Crippen LogP contribution in [0.15, 0.2) is 36.5 Å². The lowest BCUT2D eigenvalue weighted by Crippen LogP contribution is -2.24. The van der Waals surface area contributed by atoms with Crippen molar-refractivity contribution in [3.8, 4) is 0 Å². The molecule has 0 radical (unpaired) electrons. The SMILES string of the molecule is CCN(CC)c1nccc(NCCCc2cccc(Cl)c2)n1. The van der Waals surface area contributed by atoms with Gasteiger partial charge in [-0.05, 0) is 50.5 Å². The number of aryl methyl sites for hydroxylation is 1. The van der Waals surface area contributed by atoms with Crippen LogP contribution in [0.3, 0.4) is 0 Å². The van der Waals surface area contributed by atoms with Crippen molar-refractivity contribution >= 4 is 23.4 Å². The van der Waals surface area contributed by atoms with E-state index in [1.54, 1.807) is 6.20 Å². The van der Waals surface area contributed by atoms with Crippen LogP contribution in [0.5, 0.6) is 0 Å². The molecule has 1 N–H and O–H groups in total. The van der Waals surface area contributed by atoms with Crippen molar-refractivity contribution in [1.29, 1.82) is 0 Å². The van der Waals surface area contributed by atoms with E-state index in [9.17, 15) is 0 Å². The Labute approximate surface area is 137 Å². The predicted molar refractivity (Wildman–Crippen MR) is 93.9 cm³/mol. The second-order valence-corrected chi connectivity index (χ2v) is 5.51. The van der Waals surface area contributed by atoms with Crippen molar-refractivity contribution < 1.29 is 0 Å². The molecule has 118 valence electrons. The Morgan fingerprint density at radius 1 is 1.18 bits per heavy atom. The van der Waals surface area contributed by atoms with Gasteiger partial charge < -0.3 is 10.2 Å². The first-order chi connectivity index (χ1) is 10.7. The van der Waals surface area contributed by atoms with E-state index in [1.165, 1.54) is 5.56 Å². The lowest BCUT2D eigenvalue weighted by atomic mass is 10.1. The molecule has 5 heteroatoms. The molecular weight excluding hydrogens is 296 g/mol. The average molecular weight is 319 g/mol. The summed E-state index contributed by atoms with van der Waals surface area (Å²) in [7, 11) is 0. The molecule has 2 aromatic rings. The van der Waals surface area contributed by atoms with Gasteiger partial charge >= 0.3 is 0 Å². The van der Waals surface area contributed by atoms with Crippen molar-refractivity contribution in [2.75, 3.05) is 29.9 Å². The lowest BCUT2D eigenvalue weighted by Gasteiger charge is -2.18. The standard InChI is InChI=1S/C17H23ClN4/c1-3-22(4-2)17-20-12-10-16(21-17)19-11-6-8-14-7-5-9-15(18)13-14/h5,7,9-10,12-13H,3-4,6,8,11H2,1-2H3,(H,19,20,21). The molecule has 0 atom stereocenters. The van der Waals surface area contributed by atoms with Gasteiger partial charge in [0.2, 0.25) is 5.95 Å². The third-order valence-electron chi connectivity index (χ3n) is 3.53. The topological polar surface area (TPSA) is 41.1 Å². The van der Waals surface area contributed by atoms with Crippen molar-refractivity contribution in [1.82, 2.24) is 9.97 Å². The monoisotopic (exact) mass is 318 g/mol. The summed E-state index contributed by atoms with van der Waals surface area (Å²) in [6.07, 6.45) is 3.84. The summed E-state index contributed by atoms with van der Waals surface area (Å²) < 4.78 is 0. The lowest BCUT2D eigenvalue weighted by molar-refractivity contribution is 0.816. The maximum Gasteiger partial charge on any atom is 0.227 e.